The Morgan fingerprint density at radius 1 is 1.04 bits per heavy atom. The quantitative estimate of drug-likeness (QED) is 0.324. The van der Waals surface area contributed by atoms with Gasteiger partial charge in [0.1, 0.15) is 0 Å². The maximum absolute atomic E-state index is 11.5. The van der Waals surface area contributed by atoms with Crippen molar-refractivity contribution in [1.82, 2.24) is 9.97 Å². The van der Waals surface area contributed by atoms with Gasteiger partial charge in [-0.05, 0) is 25.5 Å². The Labute approximate surface area is 150 Å². The summed E-state index contributed by atoms with van der Waals surface area (Å²) in [6.45, 7) is 3.71. The zero-order valence-electron chi connectivity index (χ0n) is 14.5. The van der Waals surface area contributed by atoms with E-state index in [1.165, 1.54) is 6.07 Å². The lowest BCUT2D eigenvalue weighted by atomic mass is 10.2. The van der Waals surface area contributed by atoms with Crippen LogP contribution in [0.25, 0.3) is 0 Å². The summed E-state index contributed by atoms with van der Waals surface area (Å²) < 4.78 is 0. The Hall–Kier alpha value is -3.61. The molecule has 0 aliphatic rings. The number of hydrogen-bond acceptors (Lipinski definition) is 5. The number of aromatic nitrogens is 2. The van der Waals surface area contributed by atoms with Gasteiger partial charge in [0.05, 0.1) is 5.69 Å². The summed E-state index contributed by atoms with van der Waals surface area (Å²) >= 11 is 0. The van der Waals surface area contributed by atoms with Crippen molar-refractivity contribution in [3.8, 4) is 0 Å². The highest BCUT2D eigenvalue weighted by Gasteiger charge is 2.04. The van der Waals surface area contributed by atoms with Gasteiger partial charge in [-0.1, -0.05) is 48.5 Å². The Balaban J connectivity index is 1.93. The molecule has 0 aliphatic heterocycles. The van der Waals surface area contributed by atoms with Crippen molar-refractivity contribution in [1.29, 1.82) is 0 Å². The normalized spacial score (nSPS) is 11.7. The molecule has 1 heterocycles. The highest BCUT2D eigenvalue weighted by Crippen LogP contribution is 2.14. The molecule has 0 aliphatic carbocycles. The van der Waals surface area contributed by atoms with E-state index in [-0.39, 0.29) is 11.5 Å². The number of amidine groups is 1. The minimum absolute atomic E-state index is 0.134. The van der Waals surface area contributed by atoms with Crippen LogP contribution in [0.4, 0.5) is 11.6 Å². The summed E-state index contributed by atoms with van der Waals surface area (Å²) in [4.78, 5) is 18.2. The lowest BCUT2D eigenvalue weighted by Crippen LogP contribution is -2.06. The van der Waals surface area contributed by atoms with Crippen molar-refractivity contribution < 1.29 is 0 Å². The molecule has 7 heteroatoms. The number of azo groups is 1. The number of aromatic amines is 1. The third-order valence-corrected chi connectivity index (χ3v) is 3.56. The molecule has 0 spiro atoms. The van der Waals surface area contributed by atoms with E-state index in [0.717, 1.165) is 16.8 Å². The van der Waals surface area contributed by atoms with Gasteiger partial charge in [-0.25, -0.2) is 4.98 Å². The van der Waals surface area contributed by atoms with Crippen LogP contribution < -0.4 is 11.0 Å². The van der Waals surface area contributed by atoms with Crippen molar-refractivity contribution in [2.24, 2.45) is 15.3 Å². The van der Waals surface area contributed by atoms with Gasteiger partial charge in [0.2, 0.25) is 11.8 Å². The van der Waals surface area contributed by atoms with Gasteiger partial charge in [-0.2, -0.15) is 5.10 Å². The van der Waals surface area contributed by atoms with Crippen LogP contribution >= 0.6 is 0 Å². The first-order valence-electron chi connectivity index (χ1n) is 8.06. The Morgan fingerprint density at radius 3 is 2.50 bits per heavy atom. The topological polar surface area (TPSA) is 94.9 Å². The molecular weight excluding hydrogens is 328 g/mol. The van der Waals surface area contributed by atoms with Crippen molar-refractivity contribution in [3.05, 3.63) is 87.8 Å². The minimum atomic E-state index is -0.275. The lowest BCUT2D eigenvalue weighted by molar-refractivity contribution is 1.01. The van der Waals surface area contributed by atoms with Crippen LogP contribution in [0, 0.1) is 13.8 Å². The predicted octanol–water partition coefficient (Wildman–Crippen LogP) is 3.94. The zero-order chi connectivity index (χ0) is 18.4. The number of nitrogens with zero attached hydrogens (tertiary/aromatic N) is 4. The molecule has 0 saturated heterocycles. The summed E-state index contributed by atoms with van der Waals surface area (Å²) in [7, 11) is 0. The van der Waals surface area contributed by atoms with Gasteiger partial charge in [-0.3, -0.25) is 15.2 Å². The molecular formula is C19H18N6O. The van der Waals surface area contributed by atoms with Crippen LogP contribution in [-0.2, 0) is 0 Å². The van der Waals surface area contributed by atoms with Crippen LogP contribution in [0.5, 0.6) is 0 Å². The fourth-order valence-electron chi connectivity index (χ4n) is 2.25. The number of hydrogen-bond donors (Lipinski definition) is 2. The molecule has 3 rings (SSSR count). The highest BCUT2D eigenvalue weighted by molar-refractivity contribution is 5.99. The molecule has 26 heavy (non-hydrogen) atoms. The van der Waals surface area contributed by atoms with Crippen molar-refractivity contribution in [2.45, 2.75) is 13.8 Å². The Kier molecular flexibility index (Phi) is 5.28. The van der Waals surface area contributed by atoms with E-state index < -0.39 is 0 Å². The number of hydrazone groups is 1. The van der Waals surface area contributed by atoms with Gasteiger partial charge < -0.3 is 0 Å². The van der Waals surface area contributed by atoms with E-state index in [2.05, 4.69) is 30.7 Å². The molecule has 0 atom stereocenters. The summed E-state index contributed by atoms with van der Waals surface area (Å²) in [6.07, 6.45) is 0. The van der Waals surface area contributed by atoms with E-state index in [0.29, 0.717) is 11.5 Å². The molecule has 3 aromatic rings. The van der Waals surface area contributed by atoms with Crippen LogP contribution in [0.3, 0.4) is 0 Å². The number of rotatable bonds is 4. The monoisotopic (exact) mass is 346 g/mol. The number of nitrogens with one attached hydrogen (secondary N) is 2. The zero-order valence-corrected chi connectivity index (χ0v) is 14.5. The molecule has 0 amide bonds. The van der Waals surface area contributed by atoms with Gasteiger partial charge >= 0.3 is 0 Å². The van der Waals surface area contributed by atoms with E-state index in [1.54, 1.807) is 6.92 Å². The third kappa shape index (κ3) is 4.47. The predicted molar refractivity (Wildman–Crippen MR) is 102 cm³/mol. The SMILES string of the molecule is Cc1cc(=O)[nH]c(N=N/C(=N/Nc2ccccc2C)c2ccccc2)n1. The first-order valence-corrected chi connectivity index (χ1v) is 8.06. The summed E-state index contributed by atoms with van der Waals surface area (Å²) in [5.74, 6) is 0.507. The first kappa shape index (κ1) is 17.2. The van der Waals surface area contributed by atoms with Crippen molar-refractivity contribution in [2.75, 3.05) is 5.43 Å². The van der Waals surface area contributed by atoms with E-state index in [4.69, 9.17) is 0 Å². The maximum atomic E-state index is 11.5. The van der Waals surface area contributed by atoms with Gasteiger partial charge in [-0.15, -0.1) is 10.2 Å². The van der Waals surface area contributed by atoms with Crippen LogP contribution in [0.2, 0.25) is 0 Å². The third-order valence-electron chi connectivity index (χ3n) is 3.56. The molecule has 130 valence electrons. The molecule has 0 fully saturated rings. The summed E-state index contributed by atoms with van der Waals surface area (Å²) in [6, 6.07) is 18.6. The highest BCUT2D eigenvalue weighted by atomic mass is 16.1. The largest absolute Gasteiger partial charge is 0.290 e. The van der Waals surface area contributed by atoms with E-state index >= 15 is 0 Å². The van der Waals surface area contributed by atoms with Crippen LogP contribution in [0.1, 0.15) is 16.8 Å². The molecule has 2 aromatic carbocycles. The van der Waals surface area contributed by atoms with Crippen molar-refractivity contribution in [3.63, 3.8) is 0 Å². The molecule has 2 N–H and O–H groups in total. The number of para-hydroxylation sites is 1. The molecule has 0 unspecified atom stereocenters. The molecule has 0 saturated carbocycles. The number of aryl methyl sites for hydroxylation is 2. The second-order valence-electron chi connectivity index (χ2n) is 5.64. The second kappa shape index (κ2) is 7.98. The molecule has 0 radical (unpaired) electrons. The standard InChI is InChI=1S/C19H18N6O/c1-13-8-6-7-11-16(13)22-23-18(15-9-4-3-5-10-15)24-25-19-20-14(2)12-17(26)21-19/h3-12,22H,1-2H3,(H,20,21,26)/b23-18+,25-24?. The fraction of sp³-hybridized carbons (Fsp3) is 0.105. The fourth-order valence-corrected chi connectivity index (χ4v) is 2.25. The smallest absolute Gasteiger partial charge is 0.252 e. The Bertz CT molecular complexity index is 1010. The average molecular weight is 346 g/mol. The van der Waals surface area contributed by atoms with Gasteiger partial charge in [0.15, 0.2) is 0 Å². The minimum Gasteiger partial charge on any atom is -0.290 e. The van der Waals surface area contributed by atoms with E-state index in [9.17, 15) is 4.79 Å². The maximum Gasteiger partial charge on any atom is 0.252 e. The number of H-pyrrole nitrogens is 1. The average Bonchev–Trinajstić information content (AvgIpc) is 2.63. The molecule has 7 nitrogen and oxygen atoms in total. The van der Waals surface area contributed by atoms with Gasteiger partial charge in [0.25, 0.3) is 5.56 Å². The molecule has 0 bridgehead atoms. The van der Waals surface area contributed by atoms with E-state index in [1.807, 2.05) is 61.5 Å². The van der Waals surface area contributed by atoms with Crippen LogP contribution in [-0.4, -0.2) is 15.8 Å². The van der Waals surface area contributed by atoms with Crippen molar-refractivity contribution >= 4 is 17.5 Å². The summed E-state index contributed by atoms with van der Waals surface area (Å²) in [5.41, 5.74) is 6.02. The first-order chi connectivity index (χ1) is 12.6. The number of anilines is 1. The molecule has 1 aromatic heterocycles. The van der Waals surface area contributed by atoms with Crippen LogP contribution in [0.15, 0.2) is 80.8 Å². The number of benzene rings is 2. The Morgan fingerprint density at radius 2 is 1.77 bits per heavy atom. The lowest BCUT2D eigenvalue weighted by Gasteiger charge is -2.05. The van der Waals surface area contributed by atoms with Gasteiger partial charge in [0, 0.05) is 17.3 Å². The summed E-state index contributed by atoms with van der Waals surface area (Å²) in [5, 5.41) is 12.6. The second-order valence-corrected chi connectivity index (χ2v) is 5.64.